The standard InChI is InChI=1S/C47H49N3O8/c48-50-49-43-46(56-32-39-24-14-5-15-25-39)45(55-31-38-22-12-4-13-23-38)42(33-51-28-35-16-6-1-7-17-35)58-47(43)57-34-41-44(54-30-37-20-10-3-11-21-37)40(26-27-52-41)53-29-36-18-8-2-9-19-36/h1-27,40-47H,28-34H2/t40-,41-,42-,43-,44-,45-,46-,47-/m1/s1. The van der Waals surface area contributed by atoms with Crippen LogP contribution in [0.3, 0.4) is 0 Å². The van der Waals surface area contributed by atoms with Gasteiger partial charge in [0.05, 0.1) is 52.5 Å². The van der Waals surface area contributed by atoms with Gasteiger partial charge in [-0.25, -0.2) is 0 Å². The SMILES string of the molecule is [N-]=[N+]=N[C@H]1[C@H](OC[C@H]2OC=C[C@@H](OCc3ccccc3)[C@H]2OCc2ccccc2)O[C@H](COCc2ccccc2)[C@@H](OCc2ccccc2)[C@@H]1OCc1ccccc1. The predicted octanol–water partition coefficient (Wildman–Crippen LogP) is 8.88. The van der Waals surface area contributed by atoms with Crippen molar-refractivity contribution in [1.29, 1.82) is 0 Å². The molecule has 0 radical (unpaired) electrons. The van der Waals surface area contributed by atoms with Crippen LogP contribution in [0.15, 0.2) is 169 Å². The third-order valence-corrected chi connectivity index (χ3v) is 9.97. The maximum absolute atomic E-state index is 9.95. The van der Waals surface area contributed by atoms with Crippen molar-refractivity contribution in [2.75, 3.05) is 13.2 Å². The van der Waals surface area contributed by atoms with Gasteiger partial charge in [-0.05, 0) is 39.4 Å². The fourth-order valence-electron chi connectivity index (χ4n) is 6.97. The van der Waals surface area contributed by atoms with Gasteiger partial charge in [-0.2, -0.15) is 0 Å². The lowest BCUT2D eigenvalue weighted by molar-refractivity contribution is -0.293. The number of hydrogen-bond acceptors (Lipinski definition) is 9. The summed E-state index contributed by atoms with van der Waals surface area (Å²) in [5.41, 5.74) is 14.9. The maximum atomic E-state index is 9.95. The molecule has 2 heterocycles. The van der Waals surface area contributed by atoms with Crippen LogP contribution in [0.5, 0.6) is 0 Å². The van der Waals surface area contributed by atoms with Crippen LogP contribution in [0, 0.1) is 0 Å². The Labute approximate surface area is 339 Å². The zero-order chi connectivity index (χ0) is 39.6. The summed E-state index contributed by atoms with van der Waals surface area (Å²) >= 11 is 0. The van der Waals surface area contributed by atoms with Crippen molar-refractivity contribution in [2.24, 2.45) is 5.11 Å². The minimum atomic E-state index is -1.05. The molecule has 0 unspecified atom stereocenters. The molecule has 300 valence electrons. The molecule has 8 atom stereocenters. The third-order valence-electron chi connectivity index (χ3n) is 9.97. The Hall–Kier alpha value is -5.33. The van der Waals surface area contributed by atoms with Crippen LogP contribution in [0.1, 0.15) is 27.8 Å². The Morgan fingerprint density at radius 3 is 1.43 bits per heavy atom. The Balaban J connectivity index is 1.13. The van der Waals surface area contributed by atoms with Crippen LogP contribution in [-0.2, 0) is 70.9 Å². The number of ether oxygens (including phenoxy) is 8. The molecule has 11 heteroatoms. The molecule has 0 aliphatic carbocycles. The van der Waals surface area contributed by atoms with E-state index >= 15 is 0 Å². The Morgan fingerprint density at radius 1 is 0.483 bits per heavy atom. The summed E-state index contributed by atoms with van der Waals surface area (Å²) in [6, 6.07) is 48.6. The van der Waals surface area contributed by atoms with Crippen molar-refractivity contribution in [2.45, 2.75) is 82.0 Å². The molecule has 0 bridgehead atoms. The molecule has 2 aliphatic heterocycles. The van der Waals surface area contributed by atoms with Gasteiger partial charge in [0.15, 0.2) is 12.4 Å². The van der Waals surface area contributed by atoms with Crippen molar-refractivity contribution in [3.05, 3.63) is 202 Å². The molecule has 0 amide bonds. The number of azide groups is 1. The Kier molecular flexibility index (Phi) is 15.5. The largest absolute Gasteiger partial charge is 0.493 e. The van der Waals surface area contributed by atoms with E-state index < -0.39 is 49.0 Å². The molecular weight excluding hydrogens is 735 g/mol. The van der Waals surface area contributed by atoms with Crippen molar-refractivity contribution in [1.82, 2.24) is 0 Å². The second-order valence-electron chi connectivity index (χ2n) is 14.1. The molecule has 11 nitrogen and oxygen atoms in total. The van der Waals surface area contributed by atoms with E-state index in [2.05, 4.69) is 10.0 Å². The molecule has 0 spiro atoms. The molecule has 1 fully saturated rings. The molecule has 58 heavy (non-hydrogen) atoms. The molecule has 7 rings (SSSR count). The fourth-order valence-corrected chi connectivity index (χ4v) is 6.97. The van der Waals surface area contributed by atoms with Crippen molar-refractivity contribution in [3.63, 3.8) is 0 Å². The minimum Gasteiger partial charge on any atom is -0.493 e. The van der Waals surface area contributed by atoms with Crippen LogP contribution in [-0.4, -0.2) is 62.2 Å². The topological polar surface area (TPSA) is 123 Å². The summed E-state index contributed by atoms with van der Waals surface area (Å²) in [4.78, 5) is 3.24. The third kappa shape index (κ3) is 11.9. The first-order chi connectivity index (χ1) is 28.7. The first-order valence-corrected chi connectivity index (χ1v) is 19.6. The molecule has 5 aromatic carbocycles. The van der Waals surface area contributed by atoms with Gasteiger partial charge < -0.3 is 37.9 Å². The lowest BCUT2D eigenvalue weighted by Crippen LogP contribution is -2.61. The number of nitrogens with zero attached hydrogens (tertiary/aromatic N) is 3. The van der Waals surface area contributed by atoms with Crippen LogP contribution >= 0.6 is 0 Å². The molecule has 0 saturated carbocycles. The quantitative estimate of drug-likeness (QED) is 0.0436. The summed E-state index contributed by atoms with van der Waals surface area (Å²) in [5, 5.41) is 4.24. The number of hydrogen-bond donors (Lipinski definition) is 0. The van der Waals surface area contributed by atoms with E-state index in [9.17, 15) is 5.53 Å². The van der Waals surface area contributed by atoms with E-state index in [0.717, 1.165) is 27.8 Å². The van der Waals surface area contributed by atoms with Gasteiger partial charge in [0.2, 0.25) is 0 Å². The van der Waals surface area contributed by atoms with E-state index in [1.54, 1.807) is 6.26 Å². The highest BCUT2D eigenvalue weighted by atomic mass is 16.7. The highest BCUT2D eigenvalue weighted by Crippen LogP contribution is 2.32. The first-order valence-electron chi connectivity index (χ1n) is 19.6. The van der Waals surface area contributed by atoms with Gasteiger partial charge in [-0.1, -0.05) is 157 Å². The molecule has 2 aliphatic rings. The maximum Gasteiger partial charge on any atom is 0.169 e. The average Bonchev–Trinajstić information content (AvgIpc) is 3.28. The first kappa shape index (κ1) is 40.9. The molecule has 1 saturated heterocycles. The molecule has 5 aromatic rings. The van der Waals surface area contributed by atoms with Crippen molar-refractivity contribution >= 4 is 0 Å². The number of rotatable bonds is 20. The molecule has 0 N–H and O–H groups in total. The highest BCUT2D eigenvalue weighted by molar-refractivity contribution is 5.17. The summed E-state index contributed by atoms with van der Waals surface area (Å²) in [7, 11) is 0. The van der Waals surface area contributed by atoms with Gasteiger partial charge in [0.25, 0.3) is 0 Å². The van der Waals surface area contributed by atoms with E-state index in [1.807, 2.05) is 158 Å². The van der Waals surface area contributed by atoms with Gasteiger partial charge in [0.1, 0.15) is 36.6 Å². The Bertz CT molecular complexity index is 1990. The summed E-state index contributed by atoms with van der Waals surface area (Å²) in [5.74, 6) is 0. The van der Waals surface area contributed by atoms with Crippen LogP contribution < -0.4 is 0 Å². The van der Waals surface area contributed by atoms with E-state index in [0.29, 0.717) is 19.8 Å². The normalized spacial score (nSPS) is 24.1. The van der Waals surface area contributed by atoms with Crippen molar-refractivity contribution < 1.29 is 37.9 Å². The van der Waals surface area contributed by atoms with Crippen LogP contribution in [0.25, 0.3) is 10.4 Å². The molecular formula is C47H49N3O8. The lowest BCUT2D eigenvalue weighted by Gasteiger charge is -2.45. The van der Waals surface area contributed by atoms with E-state index in [1.165, 1.54) is 0 Å². The van der Waals surface area contributed by atoms with Crippen molar-refractivity contribution in [3.8, 4) is 0 Å². The zero-order valence-electron chi connectivity index (χ0n) is 32.3. The highest BCUT2D eigenvalue weighted by Gasteiger charge is 2.49. The van der Waals surface area contributed by atoms with E-state index in [-0.39, 0.29) is 26.4 Å². The minimum absolute atomic E-state index is 0.0235. The predicted molar refractivity (Wildman–Crippen MR) is 218 cm³/mol. The molecule has 0 aromatic heterocycles. The van der Waals surface area contributed by atoms with Crippen LogP contribution in [0.2, 0.25) is 0 Å². The summed E-state index contributed by atoms with van der Waals surface area (Å²) in [6.45, 7) is 1.78. The van der Waals surface area contributed by atoms with Gasteiger partial charge >= 0.3 is 0 Å². The monoisotopic (exact) mass is 783 g/mol. The zero-order valence-corrected chi connectivity index (χ0v) is 32.3. The van der Waals surface area contributed by atoms with Gasteiger partial charge in [0, 0.05) is 4.91 Å². The lowest BCUT2D eigenvalue weighted by atomic mass is 9.96. The second kappa shape index (κ2) is 22.0. The van der Waals surface area contributed by atoms with Crippen LogP contribution in [0.4, 0.5) is 0 Å². The average molecular weight is 784 g/mol. The summed E-state index contributed by atoms with van der Waals surface area (Å²) < 4.78 is 52.0. The smallest absolute Gasteiger partial charge is 0.169 e. The van der Waals surface area contributed by atoms with Gasteiger partial charge in [-0.3, -0.25) is 0 Å². The van der Waals surface area contributed by atoms with Gasteiger partial charge in [-0.15, -0.1) is 0 Å². The Morgan fingerprint density at radius 2 is 0.931 bits per heavy atom. The fraction of sp³-hybridized carbons (Fsp3) is 0.319. The van der Waals surface area contributed by atoms with E-state index in [4.69, 9.17) is 37.9 Å². The second-order valence-corrected chi connectivity index (χ2v) is 14.1. The summed E-state index contributed by atoms with van der Waals surface area (Å²) in [6.07, 6.45) is -1.29. The number of benzene rings is 5.